The second-order valence-corrected chi connectivity index (χ2v) is 8.01. The molecule has 0 radical (unpaired) electrons. The number of halogens is 3. The monoisotopic (exact) mass is 421 g/mol. The van der Waals surface area contributed by atoms with Gasteiger partial charge in [-0.05, 0) is 55.0 Å². The number of aromatic nitrogens is 2. The van der Waals surface area contributed by atoms with Gasteiger partial charge in [0, 0.05) is 0 Å². The summed E-state index contributed by atoms with van der Waals surface area (Å²) in [6.45, 7) is 2.63. The molecule has 0 fully saturated rings. The minimum absolute atomic E-state index is 0.311. The summed E-state index contributed by atoms with van der Waals surface area (Å²) in [4.78, 5) is 12.3. The molecule has 152 valence electrons. The van der Waals surface area contributed by atoms with Gasteiger partial charge in [0.15, 0.2) is 5.06 Å². The van der Waals surface area contributed by atoms with Crippen molar-refractivity contribution in [3.8, 4) is 22.1 Å². The van der Waals surface area contributed by atoms with E-state index in [0.29, 0.717) is 50.9 Å². The molecule has 0 saturated carbocycles. The predicted molar refractivity (Wildman–Crippen MR) is 104 cm³/mol. The fourth-order valence-electron chi connectivity index (χ4n) is 3.57. The van der Waals surface area contributed by atoms with Gasteiger partial charge in [-0.25, -0.2) is 0 Å². The molecule has 2 N–H and O–H groups in total. The molecule has 0 unspecified atom stereocenters. The zero-order valence-corrected chi connectivity index (χ0v) is 16.6. The number of nitrogens with two attached hydrogens (primary N) is 1. The summed E-state index contributed by atoms with van der Waals surface area (Å²) in [6, 6.07) is 5.57. The molecule has 1 aliphatic rings. The van der Waals surface area contributed by atoms with Crippen molar-refractivity contribution in [1.29, 1.82) is 0 Å². The van der Waals surface area contributed by atoms with Gasteiger partial charge in [0.2, 0.25) is 0 Å². The minimum Gasteiger partial charge on any atom is -0.446 e. The quantitative estimate of drug-likeness (QED) is 0.659. The van der Waals surface area contributed by atoms with Crippen LogP contribution < -0.4 is 10.5 Å². The average molecular weight is 421 g/mol. The van der Waals surface area contributed by atoms with Crippen LogP contribution in [0.3, 0.4) is 0 Å². The normalized spacial score (nSPS) is 13.1. The fourth-order valence-corrected chi connectivity index (χ4v) is 4.64. The highest BCUT2D eigenvalue weighted by Gasteiger charge is 2.35. The Hall–Kier alpha value is -2.81. The molecule has 1 amide bonds. The summed E-state index contributed by atoms with van der Waals surface area (Å²) in [5, 5.41) is 4.30. The van der Waals surface area contributed by atoms with Crippen LogP contribution in [0.4, 0.5) is 13.2 Å². The number of benzene rings is 1. The van der Waals surface area contributed by atoms with Gasteiger partial charge in [0.1, 0.15) is 12.3 Å². The number of nitrogens with zero attached hydrogens (tertiary/aromatic N) is 2. The Morgan fingerprint density at radius 2 is 2.07 bits per heavy atom. The van der Waals surface area contributed by atoms with Crippen LogP contribution in [0.1, 0.15) is 31.9 Å². The third kappa shape index (κ3) is 3.50. The summed E-state index contributed by atoms with van der Waals surface area (Å²) >= 11 is 1.07. The summed E-state index contributed by atoms with van der Waals surface area (Å²) in [5.74, 6) is -0.0357. The van der Waals surface area contributed by atoms with Crippen LogP contribution in [-0.2, 0) is 19.4 Å². The van der Waals surface area contributed by atoms with E-state index in [-0.39, 0.29) is 0 Å². The van der Waals surface area contributed by atoms with Gasteiger partial charge >= 0.3 is 6.18 Å². The molecule has 4 rings (SSSR count). The van der Waals surface area contributed by atoms with E-state index in [1.165, 1.54) is 6.20 Å². The lowest BCUT2D eigenvalue weighted by Gasteiger charge is -2.18. The summed E-state index contributed by atoms with van der Waals surface area (Å²) in [6.07, 6.45) is -1.99. The topological polar surface area (TPSA) is 70.1 Å². The third-order valence-electron chi connectivity index (χ3n) is 5.08. The number of hydrogen-bond acceptors (Lipinski definition) is 4. The highest BCUT2D eigenvalue weighted by atomic mass is 32.1. The molecule has 9 heteroatoms. The molecule has 0 saturated heterocycles. The number of alkyl halides is 3. The molecule has 0 atom stereocenters. The molecule has 29 heavy (non-hydrogen) atoms. The van der Waals surface area contributed by atoms with E-state index in [4.69, 9.17) is 10.5 Å². The number of hydrogen-bond donors (Lipinski definition) is 1. The average Bonchev–Trinajstić information content (AvgIpc) is 3.19. The van der Waals surface area contributed by atoms with Gasteiger partial charge in [0.05, 0.1) is 22.3 Å². The molecule has 5 nitrogen and oxygen atoms in total. The van der Waals surface area contributed by atoms with E-state index in [1.807, 2.05) is 26.0 Å². The van der Waals surface area contributed by atoms with E-state index in [1.54, 1.807) is 6.07 Å². The van der Waals surface area contributed by atoms with Crippen molar-refractivity contribution in [3.63, 3.8) is 0 Å². The van der Waals surface area contributed by atoms with Crippen LogP contribution in [0.15, 0.2) is 24.4 Å². The van der Waals surface area contributed by atoms with E-state index in [9.17, 15) is 18.0 Å². The number of carbonyl (C=O) groups excluding carboxylic acids is 1. The van der Waals surface area contributed by atoms with Gasteiger partial charge in [0.25, 0.3) is 5.91 Å². The van der Waals surface area contributed by atoms with Crippen molar-refractivity contribution < 1.29 is 22.7 Å². The second-order valence-electron chi connectivity index (χ2n) is 7.03. The van der Waals surface area contributed by atoms with Crippen molar-refractivity contribution in [2.24, 2.45) is 5.73 Å². The Labute approximate surface area is 168 Å². The molecule has 0 spiro atoms. The van der Waals surface area contributed by atoms with Crippen LogP contribution >= 0.6 is 11.3 Å². The molecule has 0 bridgehead atoms. The minimum atomic E-state index is -4.42. The Kier molecular flexibility index (Phi) is 4.65. The van der Waals surface area contributed by atoms with Gasteiger partial charge in [-0.2, -0.15) is 18.3 Å². The molecular weight excluding hydrogens is 403 g/mol. The Bertz CT molecular complexity index is 1120. The van der Waals surface area contributed by atoms with Crippen molar-refractivity contribution in [1.82, 2.24) is 9.78 Å². The summed E-state index contributed by atoms with van der Waals surface area (Å²) < 4.78 is 46.3. The number of fused-ring (bicyclic) bond motifs is 3. The fraction of sp³-hybridized carbons (Fsp3) is 0.300. The Morgan fingerprint density at radius 3 is 2.76 bits per heavy atom. The van der Waals surface area contributed by atoms with Crippen molar-refractivity contribution >= 4 is 17.2 Å². The van der Waals surface area contributed by atoms with Gasteiger partial charge < -0.3 is 10.5 Å². The first kappa shape index (κ1) is 19.5. The van der Waals surface area contributed by atoms with Gasteiger partial charge in [-0.3, -0.25) is 9.48 Å². The van der Waals surface area contributed by atoms with Gasteiger partial charge in [-0.15, -0.1) is 0 Å². The van der Waals surface area contributed by atoms with E-state index >= 15 is 0 Å². The zero-order chi connectivity index (χ0) is 20.9. The SMILES string of the molecule is Cc1cccc(Oc2sc(C(N)=O)c3c2-c2c(cnn2CC(F)(F)F)CC3)c1C. The number of primary amides is 1. The van der Waals surface area contributed by atoms with Crippen molar-refractivity contribution in [2.45, 2.75) is 39.4 Å². The largest absolute Gasteiger partial charge is 0.446 e. The molecule has 1 aromatic carbocycles. The molecule has 0 aliphatic heterocycles. The highest BCUT2D eigenvalue weighted by molar-refractivity contribution is 7.16. The van der Waals surface area contributed by atoms with Gasteiger partial charge in [-0.1, -0.05) is 23.5 Å². The van der Waals surface area contributed by atoms with Crippen LogP contribution in [0.25, 0.3) is 11.3 Å². The Balaban J connectivity index is 1.89. The van der Waals surface area contributed by atoms with Crippen molar-refractivity contribution in [3.05, 3.63) is 51.5 Å². The first-order valence-corrected chi connectivity index (χ1v) is 9.78. The maximum Gasteiger partial charge on any atom is 0.408 e. The molecular formula is C20H18F3N3O2S. The summed E-state index contributed by atoms with van der Waals surface area (Å²) in [5.41, 5.74) is 9.62. The first-order valence-electron chi connectivity index (χ1n) is 8.97. The smallest absolute Gasteiger partial charge is 0.408 e. The number of amides is 1. The second kappa shape index (κ2) is 6.91. The third-order valence-corrected chi connectivity index (χ3v) is 6.21. The number of rotatable bonds is 4. The van der Waals surface area contributed by atoms with E-state index < -0.39 is 18.6 Å². The number of carbonyl (C=O) groups is 1. The highest BCUT2D eigenvalue weighted by Crippen LogP contribution is 2.49. The molecule has 1 aliphatic carbocycles. The van der Waals surface area contributed by atoms with Crippen molar-refractivity contribution in [2.75, 3.05) is 0 Å². The maximum absolute atomic E-state index is 13.1. The first-order chi connectivity index (χ1) is 13.7. The van der Waals surface area contributed by atoms with Crippen LogP contribution in [-0.4, -0.2) is 21.9 Å². The molecule has 2 aromatic heterocycles. The molecule has 3 aromatic rings. The standard InChI is InChI=1S/C20H18F3N3O2S/c1-10-4-3-5-14(11(10)2)28-19-15-13(17(29-19)18(24)27)7-6-12-8-25-26(16(12)15)9-20(21,22)23/h3-5,8H,6-7,9H2,1-2H3,(H2,24,27). The van der Waals surface area contributed by atoms with Crippen LogP contribution in [0.5, 0.6) is 10.8 Å². The number of ether oxygens (including phenoxy) is 1. The predicted octanol–water partition coefficient (Wildman–Crippen LogP) is 4.78. The number of thiophene rings is 1. The van der Waals surface area contributed by atoms with Crippen LogP contribution in [0, 0.1) is 13.8 Å². The van der Waals surface area contributed by atoms with Crippen LogP contribution in [0.2, 0.25) is 0 Å². The lowest BCUT2D eigenvalue weighted by Crippen LogP contribution is -2.20. The number of aryl methyl sites for hydroxylation is 2. The molecule has 2 heterocycles. The lowest BCUT2D eigenvalue weighted by atomic mass is 9.91. The van der Waals surface area contributed by atoms with E-state index in [0.717, 1.165) is 27.1 Å². The summed E-state index contributed by atoms with van der Waals surface area (Å²) in [7, 11) is 0. The van der Waals surface area contributed by atoms with E-state index in [2.05, 4.69) is 5.10 Å². The lowest BCUT2D eigenvalue weighted by molar-refractivity contribution is -0.142. The Morgan fingerprint density at radius 1 is 1.31 bits per heavy atom. The zero-order valence-electron chi connectivity index (χ0n) is 15.8. The maximum atomic E-state index is 13.1.